The van der Waals surface area contributed by atoms with Crippen LogP contribution in [-0.4, -0.2) is 25.3 Å². The molecule has 0 aliphatic carbocycles. The van der Waals surface area contributed by atoms with Crippen molar-refractivity contribution in [2.75, 3.05) is 0 Å². The minimum Gasteiger partial charge on any atom is -0.331 e. The molecule has 0 saturated heterocycles. The molecule has 2 heterocycles. The Bertz CT molecular complexity index is 545. The highest BCUT2D eigenvalue weighted by Crippen LogP contribution is 2.14. The Hall–Kier alpha value is -2.04. The largest absolute Gasteiger partial charge is 0.331 e. The zero-order valence-corrected chi connectivity index (χ0v) is 9.43. The van der Waals surface area contributed by atoms with Crippen LogP contribution >= 0.6 is 0 Å². The highest BCUT2D eigenvalue weighted by Gasteiger charge is 2.10. The summed E-state index contributed by atoms with van der Waals surface area (Å²) in [6.07, 6.45) is 4.95. The van der Waals surface area contributed by atoms with E-state index in [4.69, 9.17) is 0 Å². The molecule has 0 aliphatic rings. The molecule has 16 heavy (non-hydrogen) atoms. The minimum atomic E-state index is -0.0194. The minimum absolute atomic E-state index is 0.0194. The Balaban J connectivity index is 2.50. The quantitative estimate of drug-likeness (QED) is 0.712. The summed E-state index contributed by atoms with van der Waals surface area (Å²) in [6.45, 7) is 3.31. The van der Waals surface area contributed by atoms with Gasteiger partial charge in [0.05, 0.1) is 23.8 Å². The molecule has 2 rings (SSSR count). The molecule has 2 aromatic heterocycles. The topological polar surface area (TPSA) is 60.7 Å². The first kappa shape index (κ1) is 10.5. The van der Waals surface area contributed by atoms with Crippen LogP contribution in [-0.2, 0) is 7.05 Å². The summed E-state index contributed by atoms with van der Waals surface area (Å²) < 4.78 is 1.84. The standard InChI is InChI=1S/C11H12N4O/c1-7-9(8(2)16)4-13-11(14-7)10-5-12-6-15(10)3/h4-6H,1-3H3. The summed E-state index contributed by atoms with van der Waals surface area (Å²) in [5.74, 6) is 0.566. The first-order chi connectivity index (χ1) is 7.59. The number of aromatic nitrogens is 4. The van der Waals surface area contributed by atoms with Gasteiger partial charge in [-0.15, -0.1) is 0 Å². The van der Waals surface area contributed by atoms with Crippen LogP contribution in [0, 0.1) is 6.92 Å². The maximum atomic E-state index is 11.2. The molecule has 0 atom stereocenters. The molecule has 5 heteroatoms. The zero-order chi connectivity index (χ0) is 11.7. The first-order valence-corrected chi connectivity index (χ1v) is 4.91. The number of carbonyl (C=O) groups excluding carboxylic acids is 1. The predicted octanol–water partition coefficient (Wildman–Crippen LogP) is 1.39. The van der Waals surface area contributed by atoms with Crippen molar-refractivity contribution in [3.63, 3.8) is 0 Å². The monoisotopic (exact) mass is 216 g/mol. The Morgan fingerprint density at radius 3 is 2.62 bits per heavy atom. The van der Waals surface area contributed by atoms with Crippen molar-refractivity contribution < 1.29 is 4.79 Å². The number of nitrogens with zero attached hydrogens (tertiary/aromatic N) is 4. The number of ketones is 1. The van der Waals surface area contributed by atoms with E-state index in [1.54, 1.807) is 25.6 Å². The number of imidazole rings is 1. The van der Waals surface area contributed by atoms with E-state index in [0.717, 1.165) is 5.69 Å². The third kappa shape index (κ3) is 1.71. The summed E-state index contributed by atoms with van der Waals surface area (Å²) in [4.78, 5) is 23.7. The molecule has 0 fully saturated rings. The molecule has 0 amide bonds. The van der Waals surface area contributed by atoms with Gasteiger partial charge in [-0.25, -0.2) is 15.0 Å². The molecule has 0 radical (unpaired) electrons. The van der Waals surface area contributed by atoms with E-state index in [0.29, 0.717) is 17.1 Å². The Morgan fingerprint density at radius 2 is 2.12 bits per heavy atom. The van der Waals surface area contributed by atoms with Gasteiger partial charge in [-0.3, -0.25) is 4.79 Å². The van der Waals surface area contributed by atoms with E-state index in [-0.39, 0.29) is 5.78 Å². The maximum absolute atomic E-state index is 11.2. The van der Waals surface area contributed by atoms with E-state index in [1.807, 2.05) is 11.6 Å². The second-order valence-corrected chi connectivity index (χ2v) is 3.64. The Labute approximate surface area is 93.2 Å². The molecule has 82 valence electrons. The number of rotatable bonds is 2. The molecule has 0 unspecified atom stereocenters. The molecule has 0 aliphatic heterocycles. The summed E-state index contributed by atoms with van der Waals surface area (Å²) in [5, 5.41) is 0. The number of carbonyl (C=O) groups is 1. The number of Topliss-reactive ketones (excluding diaryl/α,β-unsaturated/α-hetero) is 1. The van der Waals surface area contributed by atoms with Crippen LogP contribution in [0.3, 0.4) is 0 Å². The van der Waals surface area contributed by atoms with Crippen molar-refractivity contribution >= 4 is 5.78 Å². The fourth-order valence-electron chi connectivity index (χ4n) is 1.51. The SMILES string of the molecule is CC(=O)c1cnc(-c2cncn2C)nc1C. The molecule has 2 aromatic rings. The lowest BCUT2D eigenvalue weighted by Crippen LogP contribution is -2.03. The van der Waals surface area contributed by atoms with Crippen molar-refractivity contribution in [1.29, 1.82) is 0 Å². The van der Waals surface area contributed by atoms with Gasteiger partial charge in [0.15, 0.2) is 11.6 Å². The average Bonchev–Trinajstić information content (AvgIpc) is 2.63. The van der Waals surface area contributed by atoms with E-state index in [9.17, 15) is 4.79 Å². The van der Waals surface area contributed by atoms with Crippen molar-refractivity contribution in [2.45, 2.75) is 13.8 Å². The lowest BCUT2D eigenvalue weighted by Gasteiger charge is -2.04. The van der Waals surface area contributed by atoms with Crippen molar-refractivity contribution in [3.8, 4) is 11.5 Å². The first-order valence-electron chi connectivity index (χ1n) is 4.91. The van der Waals surface area contributed by atoms with Crippen molar-refractivity contribution in [1.82, 2.24) is 19.5 Å². The van der Waals surface area contributed by atoms with Gasteiger partial charge in [0.1, 0.15) is 5.69 Å². The van der Waals surface area contributed by atoms with Crippen LogP contribution in [0.4, 0.5) is 0 Å². The van der Waals surface area contributed by atoms with Crippen LogP contribution in [0.5, 0.6) is 0 Å². The van der Waals surface area contributed by atoms with E-state index >= 15 is 0 Å². The normalized spacial score (nSPS) is 10.4. The summed E-state index contributed by atoms with van der Waals surface area (Å²) >= 11 is 0. The second kappa shape index (κ2) is 3.84. The molecular formula is C11H12N4O. The average molecular weight is 216 g/mol. The second-order valence-electron chi connectivity index (χ2n) is 3.64. The number of aryl methyl sites for hydroxylation is 2. The lowest BCUT2D eigenvalue weighted by atomic mass is 10.2. The van der Waals surface area contributed by atoms with E-state index in [2.05, 4.69) is 15.0 Å². The molecule has 0 saturated carbocycles. The maximum Gasteiger partial charge on any atom is 0.178 e. The summed E-state index contributed by atoms with van der Waals surface area (Å²) in [6, 6.07) is 0. The third-order valence-electron chi connectivity index (χ3n) is 2.40. The molecule has 0 N–H and O–H groups in total. The van der Waals surface area contributed by atoms with E-state index < -0.39 is 0 Å². The fraction of sp³-hybridized carbons (Fsp3) is 0.273. The van der Waals surface area contributed by atoms with Gasteiger partial charge in [0.25, 0.3) is 0 Å². The van der Waals surface area contributed by atoms with Gasteiger partial charge in [-0.2, -0.15) is 0 Å². The van der Waals surface area contributed by atoms with E-state index in [1.165, 1.54) is 6.92 Å². The van der Waals surface area contributed by atoms with Gasteiger partial charge in [0, 0.05) is 13.2 Å². The molecule has 0 aromatic carbocycles. The highest BCUT2D eigenvalue weighted by atomic mass is 16.1. The number of hydrogen-bond acceptors (Lipinski definition) is 4. The Morgan fingerprint density at radius 1 is 1.38 bits per heavy atom. The van der Waals surface area contributed by atoms with Gasteiger partial charge < -0.3 is 4.57 Å². The molecule has 0 spiro atoms. The fourth-order valence-corrected chi connectivity index (χ4v) is 1.51. The van der Waals surface area contributed by atoms with Crippen LogP contribution in [0.1, 0.15) is 23.0 Å². The molecular weight excluding hydrogens is 204 g/mol. The highest BCUT2D eigenvalue weighted by molar-refractivity contribution is 5.94. The van der Waals surface area contributed by atoms with Crippen LogP contribution in [0.25, 0.3) is 11.5 Å². The molecule has 5 nitrogen and oxygen atoms in total. The molecule has 0 bridgehead atoms. The van der Waals surface area contributed by atoms with Gasteiger partial charge in [0.2, 0.25) is 0 Å². The lowest BCUT2D eigenvalue weighted by molar-refractivity contribution is 0.101. The predicted molar refractivity (Wildman–Crippen MR) is 59.0 cm³/mol. The summed E-state index contributed by atoms with van der Waals surface area (Å²) in [7, 11) is 1.87. The van der Waals surface area contributed by atoms with Crippen LogP contribution < -0.4 is 0 Å². The number of hydrogen-bond donors (Lipinski definition) is 0. The van der Waals surface area contributed by atoms with Crippen LogP contribution in [0.2, 0.25) is 0 Å². The third-order valence-corrected chi connectivity index (χ3v) is 2.40. The summed E-state index contributed by atoms with van der Waals surface area (Å²) in [5.41, 5.74) is 2.09. The Kier molecular flexibility index (Phi) is 2.52. The van der Waals surface area contributed by atoms with Crippen molar-refractivity contribution in [3.05, 3.63) is 30.0 Å². The zero-order valence-electron chi connectivity index (χ0n) is 9.43. The van der Waals surface area contributed by atoms with Gasteiger partial charge in [-0.1, -0.05) is 0 Å². The van der Waals surface area contributed by atoms with Crippen LogP contribution in [0.15, 0.2) is 18.7 Å². The van der Waals surface area contributed by atoms with Crippen molar-refractivity contribution in [2.24, 2.45) is 7.05 Å². The smallest absolute Gasteiger partial charge is 0.178 e. The van der Waals surface area contributed by atoms with Gasteiger partial charge in [-0.05, 0) is 13.8 Å². The van der Waals surface area contributed by atoms with Gasteiger partial charge >= 0.3 is 0 Å².